The van der Waals surface area contributed by atoms with E-state index in [2.05, 4.69) is 22.6 Å². The number of hydrogen-bond acceptors (Lipinski definition) is 2. The molecule has 3 heteroatoms. The molecule has 13 heavy (non-hydrogen) atoms. The molecule has 0 rings (SSSR count). The first-order valence-corrected chi connectivity index (χ1v) is 6.07. The van der Waals surface area contributed by atoms with Crippen LogP contribution in [0.25, 0.3) is 0 Å². The van der Waals surface area contributed by atoms with Gasteiger partial charge in [0.2, 0.25) is 0 Å². The lowest BCUT2D eigenvalue weighted by atomic mass is 9.79. The van der Waals surface area contributed by atoms with Crippen LogP contribution in [0.4, 0.5) is 0 Å². The van der Waals surface area contributed by atoms with Gasteiger partial charge in [0.25, 0.3) is 0 Å². The van der Waals surface area contributed by atoms with E-state index in [0.717, 1.165) is 10.8 Å². The Balaban J connectivity index is 4.46. The van der Waals surface area contributed by atoms with Crippen molar-refractivity contribution in [2.75, 3.05) is 4.43 Å². The van der Waals surface area contributed by atoms with Gasteiger partial charge in [-0.15, -0.1) is 0 Å². The third-order valence-corrected chi connectivity index (χ3v) is 2.83. The molecule has 0 aromatic heterocycles. The van der Waals surface area contributed by atoms with Crippen molar-refractivity contribution < 1.29 is 9.90 Å². The van der Waals surface area contributed by atoms with Gasteiger partial charge in [0, 0.05) is 10.3 Å². The summed E-state index contributed by atoms with van der Waals surface area (Å²) in [6.45, 7) is 7.44. The minimum atomic E-state index is -0.528. The largest absolute Gasteiger partial charge is 0.392 e. The van der Waals surface area contributed by atoms with Crippen LogP contribution in [-0.4, -0.2) is 21.4 Å². The molecular weight excluding hydrogens is 279 g/mol. The summed E-state index contributed by atoms with van der Waals surface area (Å²) < 4.78 is 0.912. The van der Waals surface area contributed by atoms with Crippen molar-refractivity contribution in [1.29, 1.82) is 0 Å². The molecule has 2 atom stereocenters. The molecule has 0 unspecified atom stereocenters. The van der Waals surface area contributed by atoms with Crippen LogP contribution in [0.1, 0.15) is 34.1 Å². The minimum Gasteiger partial charge on any atom is -0.392 e. The fourth-order valence-corrected chi connectivity index (χ4v) is 1.98. The summed E-state index contributed by atoms with van der Waals surface area (Å²) in [5.74, 6) is -0.101. The SMILES string of the molecule is CC(=O)[C@H](CCI)[C@@H](O)C(C)(C)C. The van der Waals surface area contributed by atoms with E-state index in [9.17, 15) is 9.90 Å². The molecule has 0 spiro atoms. The highest BCUT2D eigenvalue weighted by Gasteiger charge is 2.32. The molecule has 0 aromatic rings. The highest BCUT2D eigenvalue weighted by atomic mass is 127. The normalized spacial score (nSPS) is 16.8. The van der Waals surface area contributed by atoms with E-state index < -0.39 is 6.10 Å². The number of rotatable bonds is 4. The van der Waals surface area contributed by atoms with Crippen molar-refractivity contribution in [2.24, 2.45) is 11.3 Å². The van der Waals surface area contributed by atoms with E-state index in [-0.39, 0.29) is 17.1 Å². The lowest BCUT2D eigenvalue weighted by Crippen LogP contribution is -2.37. The summed E-state index contributed by atoms with van der Waals surface area (Å²) in [5, 5.41) is 9.92. The van der Waals surface area contributed by atoms with Gasteiger partial charge < -0.3 is 5.11 Å². The maximum absolute atomic E-state index is 11.3. The van der Waals surface area contributed by atoms with Crippen molar-refractivity contribution in [3.8, 4) is 0 Å². The molecule has 0 aliphatic rings. The van der Waals surface area contributed by atoms with Crippen molar-refractivity contribution in [3.05, 3.63) is 0 Å². The number of ketones is 1. The van der Waals surface area contributed by atoms with E-state index >= 15 is 0 Å². The molecule has 0 radical (unpaired) electrons. The predicted molar refractivity (Wildman–Crippen MR) is 63.1 cm³/mol. The zero-order chi connectivity index (χ0) is 10.6. The number of halogens is 1. The zero-order valence-corrected chi connectivity index (χ0v) is 11.0. The van der Waals surface area contributed by atoms with Crippen LogP contribution >= 0.6 is 22.6 Å². The summed E-state index contributed by atoms with van der Waals surface area (Å²) in [5.41, 5.74) is -0.206. The maximum atomic E-state index is 11.3. The number of aliphatic hydroxyl groups is 1. The van der Waals surface area contributed by atoms with E-state index in [1.165, 1.54) is 0 Å². The van der Waals surface area contributed by atoms with Gasteiger partial charge in [-0.2, -0.15) is 0 Å². The van der Waals surface area contributed by atoms with E-state index in [1.54, 1.807) is 6.92 Å². The van der Waals surface area contributed by atoms with Gasteiger partial charge in [-0.3, -0.25) is 4.79 Å². The third kappa shape index (κ3) is 4.40. The van der Waals surface area contributed by atoms with E-state index in [1.807, 2.05) is 20.8 Å². The average Bonchev–Trinajstić information content (AvgIpc) is 1.96. The van der Waals surface area contributed by atoms with Crippen LogP contribution < -0.4 is 0 Å². The van der Waals surface area contributed by atoms with Gasteiger partial charge >= 0.3 is 0 Å². The molecule has 0 fully saturated rings. The standard InChI is InChI=1S/C10H19IO2/c1-7(12)8(5-6-11)9(13)10(2,3)4/h8-9,13H,5-6H2,1-4H3/t8-,9+/m0/s1. The molecule has 0 aliphatic carbocycles. The average molecular weight is 298 g/mol. The Hall–Kier alpha value is 0.360. The Morgan fingerprint density at radius 1 is 1.46 bits per heavy atom. The molecule has 0 bridgehead atoms. The zero-order valence-electron chi connectivity index (χ0n) is 8.80. The second-order valence-electron chi connectivity index (χ2n) is 4.51. The molecule has 78 valence electrons. The lowest BCUT2D eigenvalue weighted by molar-refractivity contribution is -0.127. The number of alkyl halides is 1. The molecule has 0 amide bonds. The van der Waals surface area contributed by atoms with Crippen LogP contribution in [0.2, 0.25) is 0 Å². The summed E-state index contributed by atoms with van der Waals surface area (Å²) in [6.07, 6.45) is 0.244. The van der Waals surface area contributed by atoms with E-state index in [4.69, 9.17) is 0 Å². The summed E-state index contributed by atoms with van der Waals surface area (Å²) >= 11 is 2.23. The molecule has 2 nitrogen and oxygen atoms in total. The highest BCUT2D eigenvalue weighted by Crippen LogP contribution is 2.28. The minimum absolute atomic E-state index is 0.0964. The number of aliphatic hydroxyl groups excluding tert-OH is 1. The monoisotopic (exact) mass is 298 g/mol. The van der Waals surface area contributed by atoms with Crippen LogP contribution in [0.5, 0.6) is 0 Å². The van der Waals surface area contributed by atoms with Crippen LogP contribution in [0, 0.1) is 11.3 Å². The van der Waals surface area contributed by atoms with Crippen molar-refractivity contribution in [1.82, 2.24) is 0 Å². The highest BCUT2D eigenvalue weighted by molar-refractivity contribution is 14.1. The van der Waals surface area contributed by atoms with Gasteiger partial charge in [-0.1, -0.05) is 43.4 Å². The van der Waals surface area contributed by atoms with Gasteiger partial charge in [-0.05, 0) is 18.8 Å². The van der Waals surface area contributed by atoms with E-state index in [0.29, 0.717) is 0 Å². The Morgan fingerprint density at radius 2 is 1.92 bits per heavy atom. The molecule has 0 aliphatic heterocycles. The molecule has 0 saturated carbocycles. The van der Waals surface area contributed by atoms with Gasteiger partial charge in [0.1, 0.15) is 5.78 Å². The molecule has 1 N–H and O–H groups in total. The second kappa shape index (κ2) is 5.29. The maximum Gasteiger partial charge on any atom is 0.135 e. The predicted octanol–water partition coefficient (Wildman–Crippen LogP) is 2.42. The third-order valence-electron chi connectivity index (χ3n) is 2.21. The summed E-state index contributed by atoms with van der Waals surface area (Å²) in [6, 6.07) is 0. The Bertz CT molecular complexity index is 172. The number of carbonyl (C=O) groups is 1. The number of hydrogen-bond donors (Lipinski definition) is 1. The lowest BCUT2D eigenvalue weighted by Gasteiger charge is -2.31. The summed E-state index contributed by atoms with van der Waals surface area (Å²) in [4.78, 5) is 11.3. The first kappa shape index (κ1) is 13.4. The second-order valence-corrected chi connectivity index (χ2v) is 5.58. The Kier molecular flexibility index (Phi) is 5.44. The van der Waals surface area contributed by atoms with Crippen LogP contribution in [0.15, 0.2) is 0 Å². The fourth-order valence-electron chi connectivity index (χ4n) is 1.30. The first-order chi connectivity index (χ1) is 5.80. The van der Waals surface area contributed by atoms with Crippen LogP contribution in [0.3, 0.4) is 0 Å². The quantitative estimate of drug-likeness (QED) is 0.639. The van der Waals surface area contributed by atoms with Crippen molar-refractivity contribution in [3.63, 3.8) is 0 Å². The fraction of sp³-hybridized carbons (Fsp3) is 0.900. The Morgan fingerprint density at radius 3 is 2.15 bits per heavy atom. The molecule has 0 saturated heterocycles. The molecule has 0 aromatic carbocycles. The number of Topliss-reactive ketones (excluding diaryl/α,β-unsaturated/α-hetero) is 1. The Labute approximate surface area is 94.2 Å². The van der Waals surface area contributed by atoms with Crippen LogP contribution in [-0.2, 0) is 4.79 Å². The van der Waals surface area contributed by atoms with Crippen molar-refractivity contribution in [2.45, 2.75) is 40.2 Å². The summed E-state index contributed by atoms with van der Waals surface area (Å²) in [7, 11) is 0. The molecular formula is C10H19IO2. The number of carbonyl (C=O) groups excluding carboxylic acids is 1. The van der Waals surface area contributed by atoms with Gasteiger partial charge in [0.05, 0.1) is 6.10 Å². The van der Waals surface area contributed by atoms with Gasteiger partial charge in [-0.25, -0.2) is 0 Å². The first-order valence-electron chi connectivity index (χ1n) is 4.55. The topological polar surface area (TPSA) is 37.3 Å². The smallest absolute Gasteiger partial charge is 0.135 e. The van der Waals surface area contributed by atoms with Gasteiger partial charge in [0.15, 0.2) is 0 Å². The van der Waals surface area contributed by atoms with Crippen molar-refractivity contribution >= 4 is 28.4 Å². The molecule has 0 heterocycles.